The predicted molar refractivity (Wildman–Crippen MR) is 110 cm³/mol. The Labute approximate surface area is 163 Å². The minimum absolute atomic E-state index is 0.202. The fourth-order valence-corrected chi connectivity index (χ4v) is 4.11. The van der Waals surface area contributed by atoms with Gasteiger partial charge in [-0.15, -0.1) is 0 Å². The Bertz CT molecular complexity index is 1150. The number of nitrogens with zero attached hydrogens (tertiary/aromatic N) is 4. The van der Waals surface area contributed by atoms with Crippen LogP contribution in [0.2, 0.25) is 0 Å². The third-order valence-corrected chi connectivity index (χ3v) is 5.57. The molecule has 3 aromatic rings. The molecule has 0 aliphatic carbocycles. The van der Waals surface area contributed by atoms with Gasteiger partial charge in [0.25, 0.3) is 5.56 Å². The minimum Gasteiger partial charge on any atom is -0.267 e. The Kier molecular flexibility index (Phi) is 4.61. The summed E-state index contributed by atoms with van der Waals surface area (Å²) in [4.78, 5) is 31.6. The third-order valence-electron chi connectivity index (χ3n) is 5.57. The van der Waals surface area contributed by atoms with E-state index in [2.05, 4.69) is 53.4 Å². The predicted octanol–water partition coefficient (Wildman–Crippen LogP) is 2.21. The van der Waals surface area contributed by atoms with Crippen molar-refractivity contribution in [3.05, 3.63) is 50.7 Å². The Balaban J connectivity index is 1.98. The van der Waals surface area contributed by atoms with Crippen LogP contribution in [0, 0.1) is 12.8 Å². The molecular weight excluding hydrogens is 354 g/mol. The summed E-state index contributed by atoms with van der Waals surface area (Å²) < 4.78 is 5.00. The van der Waals surface area contributed by atoms with Gasteiger partial charge >= 0.3 is 11.6 Å². The Morgan fingerprint density at radius 2 is 2.07 bits per heavy atom. The number of hydrogen-bond acceptors (Lipinski definition) is 3. The smallest absolute Gasteiger partial charge is 0.267 e. The second kappa shape index (κ2) is 6.96. The van der Waals surface area contributed by atoms with Gasteiger partial charge in [0.05, 0.1) is 13.1 Å². The van der Waals surface area contributed by atoms with Crippen LogP contribution in [0.5, 0.6) is 0 Å². The molecule has 2 aromatic heterocycles. The van der Waals surface area contributed by atoms with Gasteiger partial charge in [0.2, 0.25) is 11.2 Å². The normalized spacial score (nSPS) is 16.6. The Morgan fingerprint density at radius 3 is 2.79 bits per heavy atom. The lowest BCUT2D eigenvalue weighted by atomic mass is 10.1. The number of fused-ring (bicyclic) bond motifs is 3. The van der Waals surface area contributed by atoms with Crippen molar-refractivity contribution in [2.45, 2.75) is 46.7 Å². The van der Waals surface area contributed by atoms with Gasteiger partial charge in [-0.3, -0.25) is 13.9 Å². The lowest BCUT2D eigenvalue weighted by molar-refractivity contribution is -0.669. The molecule has 0 saturated heterocycles. The first-order valence-corrected chi connectivity index (χ1v) is 10.0. The summed E-state index contributed by atoms with van der Waals surface area (Å²) in [6.07, 6.45) is 1.74. The van der Waals surface area contributed by atoms with Gasteiger partial charge in [-0.05, 0) is 31.0 Å². The van der Waals surface area contributed by atoms with Gasteiger partial charge in [-0.25, -0.2) is 19.2 Å². The minimum atomic E-state index is -0.264. The van der Waals surface area contributed by atoms with Crippen molar-refractivity contribution in [3.8, 4) is 0 Å². The Morgan fingerprint density at radius 1 is 1.29 bits per heavy atom. The topological polar surface area (TPSA) is 66.9 Å². The molecule has 0 unspecified atom stereocenters. The monoisotopic (exact) mass is 382 g/mol. The second-order valence-electron chi connectivity index (χ2n) is 7.96. The molecular formula is C21H28N5O2+. The summed E-state index contributed by atoms with van der Waals surface area (Å²) >= 11 is 0. The highest BCUT2D eigenvalue weighted by atomic mass is 16.2. The molecule has 1 atom stereocenters. The molecule has 0 bridgehead atoms. The lowest BCUT2D eigenvalue weighted by Gasteiger charge is -2.26. The largest absolute Gasteiger partial charge is 0.364 e. The number of anilines is 2. The molecule has 0 saturated carbocycles. The summed E-state index contributed by atoms with van der Waals surface area (Å²) in [5.74, 6) is 1.23. The van der Waals surface area contributed by atoms with Crippen LogP contribution >= 0.6 is 0 Å². The van der Waals surface area contributed by atoms with E-state index in [9.17, 15) is 9.59 Å². The van der Waals surface area contributed by atoms with Gasteiger partial charge in [0.1, 0.15) is 5.69 Å². The van der Waals surface area contributed by atoms with Crippen molar-refractivity contribution in [3.63, 3.8) is 0 Å². The van der Waals surface area contributed by atoms with E-state index in [-0.39, 0.29) is 11.2 Å². The zero-order valence-electron chi connectivity index (χ0n) is 17.0. The van der Waals surface area contributed by atoms with E-state index in [1.54, 1.807) is 11.6 Å². The summed E-state index contributed by atoms with van der Waals surface area (Å²) in [6.45, 7) is 8.38. The maximum absolute atomic E-state index is 13.2. The molecule has 1 aliphatic rings. The van der Waals surface area contributed by atoms with Crippen LogP contribution in [0.3, 0.4) is 0 Å². The van der Waals surface area contributed by atoms with E-state index in [0.717, 1.165) is 37.6 Å². The molecule has 1 aliphatic heterocycles. The zero-order valence-corrected chi connectivity index (χ0v) is 17.0. The highest BCUT2D eigenvalue weighted by molar-refractivity contribution is 5.70. The van der Waals surface area contributed by atoms with Crippen molar-refractivity contribution in [2.75, 3.05) is 11.4 Å². The maximum atomic E-state index is 13.2. The number of benzene rings is 1. The number of aromatic amines is 1. The first-order chi connectivity index (χ1) is 13.4. The fourth-order valence-electron chi connectivity index (χ4n) is 4.11. The molecule has 4 rings (SSSR count). The van der Waals surface area contributed by atoms with Crippen molar-refractivity contribution in [1.29, 1.82) is 0 Å². The molecule has 0 fully saturated rings. The average molecular weight is 382 g/mol. The van der Waals surface area contributed by atoms with Crippen LogP contribution in [0.15, 0.2) is 33.9 Å². The molecule has 3 heterocycles. The molecule has 0 amide bonds. The van der Waals surface area contributed by atoms with Gasteiger partial charge in [0.15, 0.2) is 0 Å². The first kappa shape index (κ1) is 18.5. The van der Waals surface area contributed by atoms with Gasteiger partial charge in [-0.2, -0.15) is 0 Å². The van der Waals surface area contributed by atoms with E-state index in [1.165, 1.54) is 10.1 Å². The average Bonchev–Trinajstić information content (AvgIpc) is 3.05. The third kappa shape index (κ3) is 2.85. The highest BCUT2D eigenvalue weighted by Crippen LogP contribution is 2.28. The second-order valence-corrected chi connectivity index (χ2v) is 7.96. The van der Waals surface area contributed by atoms with Gasteiger partial charge < -0.3 is 0 Å². The molecule has 0 spiro atoms. The fraction of sp³-hybridized carbons (Fsp3) is 0.476. The van der Waals surface area contributed by atoms with Gasteiger partial charge in [-0.1, -0.05) is 32.4 Å². The van der Waals surface area contributed by atoms with Crippen LogP contribution in [-0.2, 0) is 20.1 Å². The number of aromatic nitrogens is 4. The zero-order chi connectivity index (χ0) is 20.0. The van der Waals surface area contributed by atoms with Crippen molar-refractivity contribution >= 4 is 22.8 Å². The summed E-state index contributed by atoms with van der Waals surface area (Å²) in [5.41, 5.74) is 2.98. The van der Waals surface area contributed by atoms with Gasteiger partial charge in [0, 0.05) is 19.5 Å². The van der Waals surface area contributed by atoms with E-state index < -0.39 is 0 Å². The first-order valence-electron chi connectivity index (χ1n) is 10.0. The molecule has 1 N–H and O–H groups in total. The number of aryl methyl sites for hydroxylation is 2. The molecule has 148 valence electrons. The SMILES string of the molecule is CCCCn1c(=O)c2c([nH]c3[n+]2C[C@H](C)CN3c2cccc(C)c2)n(C)c1=O. The molecule has 7 nitrogen and oxygen atoms in total. The van der Waals surface area contributed by atoms with Crippen LogP contribution in [0.25, 0.3) is 11.2 Å². The molecule has 1 aromatic carbocycles. The van der Waals surface area contributed by atoms with E-state index >= 15 is 0 Å². The summed E-state index contributed by atoms with van der Waals surface area (Å²) in [6, 6.07) is 8.35. The molecule has 28 heavy (non-hydrogen) atoms. The lowest BCUT2D eigenvalue weighted by Crippen LogP contribution is -2.52. The van der Waals surface area contributed by atoms with Crippen LogP contribution in [0.4, 0.5) is 11.6 Å². The number of H-pyrrole nitrogens is 1. The van der Waals surface area contributed by atoms with Crippen molar-refractivity contribution < 1.29 is 4.57 Å². The van der Waals surface area contributed by atoms with Crippen LogP contribution in [-0.4, -0.2) is 20.7 Å². The number of nitrogens with one attached hydrogen (secondary N) is 1. The Hall–Kier alpha value is -2.83. The number of hydrogen-bond donors (Lipinski definition) is 1. The van der Waals surface area contributed by atoms with E-state index in [0.29, 0.717) is 23.6 Å². The van der Waals surface area contributed by atoms with Crippen LogP contribution < -0.4 is 20.7 Å². The van der Waals surface area contributed by atoms with E-state index in [1.807, 2.05) is 6.07 Å². The molecule has 7 heteroatoms. The quantitative estimate of drug-likeness (QED) is 0.704. The standard InChI is InChI=1S/C21H27N5O2/c1-5-6-10-24-19(27)17-18(23(4)21(24)28)22-20-25(12-15(3)13-26(17)20)16-9-7-8-14(2)11-16/h7-9,11,15H,5-6,10,12-13H2,1-4H3/p+1/t15-/m1/s1. The maximum Gasteiger partial charge on any atom is 0.364 e. The van der Waals surface area contributed by atoms with E-state index in [4.69, 9.17) is 0 Å². The van der Waals surface area contributed by atoms with Crippen LogP contribution in [0.1, 0.15) is 32.3 Å². The molecule has 0 radical (unpaired) electrons. The van der Waals surface area contributed by atoms with Crippen molar-refractivity contribution in [1.82, 2.24) is 14.1 Å². The highest BCUT2D eigenvalue weighted by Gasteiger charge is 2.35. The number of rotatable bonds is 4. The number of unbranched alkanes of at least 4 members (excludes halogenated alkanes) is 1. The number of imidazole rings is 1. The summed E-state index contributed by atoms with van der Waals surface area (Å²) in [7, 11) is 1.73. The van der Waals surface area contributed by atoms with Crippen molar-refractivity contribution in [2.24, 2.45) is 13.0 Å². The summed E-state index contributed by atoms with van der Waals surface area (Å²) in [5, 5.41) is 0.